The Morgan fingerprint density at radius 3 is 2.42 bits per heavy atom. The van der Waals surface area contributed by atoms with Crippen molar-refractivity contribution in [3.05, 3.63) is 23.5 Å². The smallest absolute Gasteiger partial charge is 0.307 e. The second kappa shape index (κ2) is 6.94. The maximum absolute atomic E-state index is 13.9. The summed E-state index contributed by atoms with van der Waals surface area (Å²) in [7, 11) is 2.85. The van der Waals surface area contributed by atoms with E-state index in [4.69, 9.17) is 19.9 Å². The summed E-state index contributed by atoms with van der Waals surface area (Å²) in [5.74, 6) is -0.385. The van der Waals surface area contributed by atoms with Gasteiger partial charge in [-0.2, -0.15) is 0 Å². The highest BCUT2D eigenvalue weighted by Crippen LogP contribution is 2.32. The van der Waals surface area contributed by atoms with Crippen LogP contribution in [0, 0.1) is 5.82 Å². The molecule has 1 aromatic rings. The minimum atomic E-state index is -0.793. The fourth-order valence-electron chi connectivity index (χ4n) is 1.66. The lowest BCUT2D eigenvalue weighted by atomic mass is 10.0. The number of carbonyl (C=O) groups is 1. The van der Waals surface area contributed by atoms with Gasteiger partial charge in [0.1, 0.15) is 5.82 Å². The summed E-state index contributed by atoms with van der Waals surface area (Å²) < 4.78 is 28.7. The van der Waals surface area contributed by atoms with Gasteiger partial charge in [-0.05, 0) is 13.0 Å². The predicted octanol–water partition coefficient (Wildman–Crippen LogP) is 1.80. The third-order valence-corrected chi connectivity index (χ3v) is 2.59. The summed E-state index contributed by atoms with van der Waals surface area (Å²) in [5.41, 5.74) is 5.99. The molecular weight excluding hydrogens is 253 g/mol. The van der Waals surface area contributed by atoms with E-state index < -0.39 is 17.8 Å². The number of hydrogen-bond donors (Lipinski definition) is 1. The fraction of sp³-hybridized carbons (Fsp3) is 0.462. The number of benzene rings is 1. The van der Waals surface area contributed by atoms with Crippen molar-refractivity contribution in [2.45, 2.75) is 19.4 Å². The number of hydrogen-bond acceptors (Lipinski definition) is 5. The van der Waals surface area contributed by atoms with Crippen LogP contribution in [-0.4, -0.2) is 26.8 Å². The summed E-state index contributed by atoms with van der Waals surface area (Å²) in [6.45, 7) is 1.96. The molecule has 0 radical (unpaired) electrons. The molecule has 5 nitrogen and oxygen atoms in total. The van der Waals surface area contributed by atoms with Crippen molar-refractivity contribution < 1.29 is 23.4 Å². The van der Waals surface area contributed by atoms with Gasteiger partial charge in [-0.15, -0.1) is 0 Å². The van der Waals surface area contributed by atoms with Gasteiger partial charge in [0.15, 0.2) is 11.5 Å². The highest BCUT2D eigenvalue weighted by atomic mass is 19.1. The van der Waals surface area contributed by atoms with E-state index in [2.05, 4.69) is 0 Å². The molecule has 1 atom stereocenters. The van der Waals surface area contributed by atoms with Crippen molar-refractivity contribution >= 4 is 5.97 Å². The first-order valence-electron chi connectivity index (χ1n) is 5.86. The van der Waals surface area contributed by atoms with E-state index in [1.807, 2.05) is 0 Å². The molecule has 0 aromatic heterocycles. The summed E-state index contributed by atoms with van der Waals surface area (Å²) in [5, 5.41) is 0. The molecule has 6 heteroatoms. The van der Waals surface area contributed by atoms with Crippen LogP contribution < -0.4 is 15.2 Å². The molecule has 19 heavy (non-hydrogen) atoms. The van der Waals surface area contributed by atoms with Crippen molar-refractivity contribution in [2.24, 2.45) is 5.73 Å². The Hall–Kier alpha value is -1.82. The zero-order valence-corrected chi connectivity index (χ0v) is 11.2. The molecule has 0 heterocycles. The van der Waals surface area contributed by atoms with E-state index in [1.165, 1.54) is 26.4 Å². The van der Waals surface area contributed by atoms with Gasteiger partial charge in [-0.1, -0.05) is 0 Å². The van der Waals surface area contributed by atoms with E-state index in [9.17, 15) is 9.18 Å². The highest BCUT2D eigenvalue weighted by Gasteiger charge is 2.19. The molecule has 0 aliphatic carbocycles. The lowest BCUT2D eigenvalue weighted by Crippen LogP contribution is -2.18. The molecule has 0 amide bonds. The lowest BCUT2D eigenvalue weighted by Gasteiger charge is -2.15. The Kier molecular flexibility index (Phi) is 5.57. The van der Waals surface area contributed by atoms with E-state index in [-0.39, 0.29) is 24.3 Å². The number of esters is 1. The molecule has 106 valence electrons. The summed E-state index contributed by atoms with van der Waals surface area (Å²) >= 11 is 0. The van der Waals surface area contributed by atoms with Gasteiger partial charge in [0, 0.05) is 17.7 Å². The van der Waals surface area contributed by atoms with Crippen molar-refractivity contribution in [1.82, 2.24) is 0 Å². The quantitative estimate of drug-likeness (QED) is 0.799. The van der Waals surface area contributed by atoms with Gasteiger partial charge < -0.3 is 19.9 Å². The normalized spacial score (nSPS) is 11.8. The Labute approximate surface area is 111 Å². The molecule has 1 aromatic carbocycles. The van der Waals surface area contributed by atoms with Crippen LogP contribution in [0.2, 0.25) is 0 Å². The van der Waals surface area contributed by atoms with E-state index in [0.29, 0.717) is 5.75 Å². The summed E-state index contributed by atoms with van der Waals surface area (Å²) in [4.78, 5) is 11.3. The first-order valence-corrected chi connectivity index (χ1v) is 5.86. The molecule has 0 spiro atoms. The molecule has 0 aliphatic heterocycles. The predicted molar refractivity (Wildman–Crippen MR) is 67.7 cm³/mol. The van der Waals surface area contributed by atoms with Crippen LogP contribution >= 0.6 is 0 Å². The highest BCUT2D eigenvalue weighted by molar-refractivity contribution is 5.70. The monoisotopic (exact) mass is 271 g/mol. The standard InChI is InChI=1S/C13H18FNO4/c1-4-19-13(16)7-10(15)8-5-11(17-2)12(18-3)6-9(8)14/h5-6,10H,4,7,15H2,1-3H3/t10-/m0/s1. The van der Waals surface area contributed by atoms with Gasteiger partial charge >= 0.3 is 5.97 Å². The zero-order chi connectivity index (χ0) is 14.4. The minimum absolute atomic E-state index is 0.0970. The van der Waals surface area contributed by atoms with Gasteiger partial charge in [0.2, 0.25) is 0 Å². The van der Waals surface area contributed by atoms with Crippen molar-refractivity contribution in [2.75, 3.05) is 20.8 Å². The van der Waals surface area contributed by atoms with E-state index in [1.54, 1.807) is 6.92 Å². The number of rotatable bonds is 6. The fourth-order valence-corrected chi connectivity index (χ4v) is 1.66. The third-order valence-electron chi connectivity index (χ3n) is 2.59. The van der Waals surface area contributed by atoms with Gasteiger partial charge in [0.05, 0.1) is 27.2 Å². The van der Waals surface area contributed by atoms with Crippen LogP contribution in [-0.2, 0) is 9.53 Å². The molecular formula is C13H18FNO4. The Morgan fingerprint density at radius 2 is 1.89 bits per heavy atom. The minimum Gasteiger partial charge on any atom is -0.493 e. The largest absolute Gasteiger partial charge is 0.493 e. The summed E-state index contributed by atoms with van der Waals surface area (Å²) in [6, 6.07) is 1.82. The lowest BCUT2D eigenvalue weighted by molar-refractivity contribution is -0.143. The molecule has 0 bridgehead atoms. The first-order chi connectivity index (χ1) is 9.03. The van der Waals surface area contributed by atoms with Gasteiger partial charge in [0.25, 0.3) is 0 Å². The Balaban J connectivity index is 2.96. The molecule has 0 aliphatic rings. The molecule has 1 rings (SSSR count). The number of methoxy groups -OCH3 is 2. The van der Waals surface area contributed by atoms with E-state index in [0.717, 1.165) is 0 Å². The van der Waals surface area contributed by atoms with Crippen LogP contribution in [0.25, 0.3) is 0 Å². The second-order valence-electron chi connectivity index (χ2n) is 3.84. The summed E-state index contributed by atoms with van der Waals surface area (Å²) in [6.07, 6.45) is -0.0970. The molecule has 2 N–H and O–H groups in total. The molecule has 0 saturated heterocycles. The van der Waals surface area contributed by atoms with Crippen LogP contribution in [0.3, 0.4) is 0 Å². The maximum atomic E-state index is 13.9. The molecule has 0 fully saturated rings. The van der Waals surface area contributed by atoms with Crippen LogP contribution in [0.1, 0.15) is 24.9 Å². The van der Waals surface area contributed by atoms with Crippen molar-refractivity contribution in [1.29, 1.82) is 0 Å². The van der Waals surface area contributed by atoms with E-state index >= 15 is 0 Å². The third kappa shape index (κ3) is 3.82. The maximum Gasteiger partial charge on any atom is 0.307 e. The van der Waals surface area contributed by atoms with Gasteiger partial charge in [-0.25, -0.2) is 4.39 Å². The van der Waals surface area contributed by atoms with Gasteiger partial charge in [-0.3, -0.25) is 4.79 Å². The van der Waals surface area contributed by atoms with Crippen LogP contribution in [0.4, 0.5) is 4.39 Å². The Morgan fingerprint density at radius 1 is 1.32 bits per heavy atom. The average molecular weight is 271 g/mol. The molecule has 0 saturated carbocycles. The second-order valence-corrected chi connectivity index (χ2v) is 3.84. The SMILES string of the molecule is CCOC(=O)C[C@H](N)c1cc(OC)c(OC)cc1F. The van der Waals surface area contributed by atoms with Crippen molar-refractivity contribution in [3.8, 4) is 11.5 Å². The van der Waals surface area contributed by atoms with Crippen LogP contribution in [0.15, 0.2) is 12.1 Å². The molecule has 0 unspecified atom stereocenters. The number of ether oxygens (including phenoxy) is 3. The number of nitrogens with two attached hydrogens (primary N) is 1. The first kappa shape index (κ1) is 15.2. The van der Waals surface area contributed by atoms with Crippen LogP contribution in [0.5, 0.6) is 11.5 Å². The Bertz CT molecular complexity index is 451. The van der Waals surface area contributed by atoms with Crippen molar-refractivity contribution in [3.63, 3.8) is 0 Å². The topological polar surface area (TPSA) is 70.8 Å². The zero-order valence-electron chi connectivity index (χ0n) is 11.2. The number of halogens is 1. The average Bonchev–Trinajstić information content (AvgIpc) is 2.38. The number of carbonyl (C=O) groups excluding carboxylic acids is 1.